The third-order valence-corrected chi connectivity index (χ3v) is 4.44. The maximum Gasteiger partial charge on any atom is 0.00922 e. The molecule has 19 heavy (non-hydrogen) atoms. The molecule has 114 valence electrons. The zero-order chi connectivity index (χ0) is 13.9. The smallest absolute Gasteiger partial charge is 0.00922 e. The molecule has 0 saturated heterocycles. The van der Waals surface area contributed by atoms with Crippen LogP contribution in [-0.2, 0) is 0 Å². The van der Waals surface area contributed by atoms with E-state index in [2.05, 4.69) is 31.1 Å². The molecule has 2 heteroatoms. The van der Waals surface area contributed by atoms with Crippen LogP contribution in [0.5, 0.6) is 0 Å². The Morgan fingerprint density at radius 3 is 2.21 bits per heavy atom. The molecule has 0 bridgehead atoms. The summed E-state index contributed by atoms with van der Waals surface area (Å²) in [4.78, 5) is 2.64. The van der Waals surface area contributed by atoms with Gasteiger partial charge in [0.25, 0.3) is 0 Å². The second-order valence-corrected chi connectivity index (χ2v) is 6.65. The summed E-state index contributed by atoms with van der Waals surface area (Å²) < 4.78 is 0. The maximum atomic E-state index is 3.49. The van der Waals surface area contributed by atoms with Gasteiger partial charge in [-0.1, -0.05) is 52.4 Å². The quantitative estimate of drug-likeness (QED) is 0.498. The zero-order valence-corrected chi connectivity index (χ0v) is 13.6. The van der Waals surface area contributed by atoms with Gasteiger partial charge in [0, 0.05) is 12.1 Å². The van der Waals surface area contributed by atoms with E-state index in [1.54, 1.807) is 0 Å². The molecule has 0 aromatic rings. The van der Waals surface area contributed by atoms with Crippen LogP contribution in [0.25, 0.3) is 0 Å². The van der Waals surface area contributed by atoms with E-state index in [-0.39, 0.29) is 0 Å². The molecule has 0 amide bonds. The molecule has 1 saturated carbocycles. The topological polar surface area (TPSA) is 15.3 Å². The van der Waals surface area contributed by atoms with Gasteiger partial charge < -0.3 is 10.2 Å². The molecule has 0 spiro atoms. The van der Waals surface area contributed by atoms with Gasteiger partial charge in [-0.2, -0.15) is 0 Å². The standard InChI is InChI=1S/C17H36N2/c1-16(2)18-14-10-6-7-11-15-19(3)17-12-8-4-5-9-13-17/h16-18H,4-15H2,1-3H3. The third kappa shape index (κ3) is 8.65. The summed E-state index contributed by atoms with van der Waals surface area (Å²) in [5.74, 6) is 0. The fourth-order valence-electron chi connectivity index (χ4n) is 3.11. The van der Waals surface area contributed by atoms with E-state index in [1.165, 1.54) is 77.3 Å². The SMILES string of the molecule is CC(C)NCCCCCCN(C)C1CCCCCC1. The predicted molar refractivity (Wildman–Crippen MR) is 85.7 cm³/mol. The summed E-state index contributed by atoms with van der Waals surface area (Å²) in [6.45, 7) is 6.95. The average Bonchev–Trinajstić information content (AvgIpc) is 2.66. The molecule has 0 radical (unpaired) electrons. The number of hydrogen-bond acceptors (Lipinski definition) is 2. The first kappa shape index (κ1) is 17.0. The van der Waals surface area contributed by atoms with Crippen LogP contribution >= 0.6 is 0 Å². The van der Waals surface area contributed by atoms with Crippen LogP contribution in [0.3, 0.4) is 0 Å². The normalized spacial score (nSPS) is 18.2. The van der Waals surface area contributed by atoms with E-state index in [0.717, 1.165) is 6.04 Å². The second kappa shape index (κ2) is 10.7. The molecule has 0 aromatic carbocycles. The summed E-state index contributed by atoms with van der Waals surface area (Å²) >= 11 is 0. The lowest BCUT2D eigenvalue weighted by molar-refractivity contribution is 0.216. The highest BCUT2D eigenvalue weighted by atomic mass is 15.1. The van der Waals surface area contributed by atoms with Gasteiger partial charge in [-0.15, -0.1) is 0 Å². The van der Waals surface area contributed by atoms with Crippen LogP contribution in [0.2, 0.25) is 0 Å². The summed E-state index contributed by atoms with van der Waals surface area (Å²) in [5.41, 5.74) is 0. The fourth-order valence-corrected chi connectivity index (χ4v) is 3.11. The molecule has 0 aromatic heterocycles. The lowest BCUT2D eigenvalue weighted by Gasteiger charge is -2.27. The van der Waals surface area contributed by atoms with E-state index >= 15 is 0 Å². The van der Waals surface area contributed by atoms with Gasteiger partial charge in [0.05, 0.1) is 0 Å². The summed E-state index contributed by atoms with van der Waals surface area (Å²) in [6.07, 6.45) is 14.2. The minimum Gasteiger partial charge on any atom is -0.315 e. The summed E-state index contributed by atoms with van der Waals surface area (Å²) in [7, 11) is 2.34. The first-order valence-electron chi connectivity index (χ1n) is 8.64. The van der Waals surface area contributed by atoms with Crippen LogP contribution in [-0.4, -0.2) is 37.1 Å². The van der Waals surface area contributed by atoms with Crippen LogP contribution < -0.4 is 5.32 Å². The Kier molecular flexibility index (Phi) is 9.54. The van der Waals surface area contributed by atoms with E-state index in [1.807, 2.05) is 0 Å². The molecule has 1 aliphatic carbocycles. The van der Waals surface area contributed by atoms with Gasteiger partial charge in [-0.05, 0) is 45.8 Å². The van der Waals surface area contributed by atoms with Gasteiger partial charge >= 0.3 is 0 Å². The zero-order valence-electron chi connectivity index (χ0n) is 13.6. The van der Waals surface area contributed by atoms with Gasteiger partial charge in [-0.3, -0.25) is 0 Å². The van der Waals surface area contributed by atoms with E-state index in [4.69, 9.17) is 0 Å². The van der Waals surface area contributed by atoms with Crippen molar-refractivity contribution in [3.05, 3.63) is 0 Å². The highest BCUT2D eigenvalue weighted by Gasteiger charge is 2.15. The van der Waals surface area contributed by atoms with Crippen molar-refractivity contribution in [2.75, 3.05) is 20.1 Å². The molecule has 0 heterocycles. The Bertz CT molecular complexity index is 195. The molecule has 1 aliphatic rings. The Morgan fingerprint density at radius 2 is 1.58 bits per heavy atom. The molecule has 1 N–H and O–H groups in total. The molecule has 1 fully saturated rings. The van der Waals surface area contributed by atoms with Crippen LogP contribution in [0.4, 0.5) is 0 Å². The molecular weight excluding hydrogens is 232 g/mol. The molecule has 0 aliphatic heterocycles. The lowest BCUT2D eigenvalue weighted by Crippen LogP contribution is -2.32. The first-order valence-corrected chi connectivity index (χ1v) is 8.64. The maximum absolute atomic E-state index is 3.49. The largest absolute Gasteiger partial charge is 0.315 e. The van der Waals surface area contributed by atoms with E-state index in [0.29, 0.717) is 6.04 Å². The highest BCUT2D eigenvalue weighted by molar-refractivity contribution is 4.72. The van der Waals surface area contributed by atoms with Crippen molar-refractivity contribution in [3.63, 3.8) is 0 Å². The van der Waals surface area contributed by atoms with Crippen molar-refractivity contribution < 1.29 is 0 Å². The van der Waals surface area contributed by atoms with Gasteiger partial charge in [0.15, 0.2) is 0 Å². The Labute approximate surface area is 121 Å². The van der Waals surface area contributed by atoms with Crippen molar-refractivity contribution in [1.29, 1.82) is 0 Å². The monoisotopic (exact) mass is 268 g/mol. The Balaban J connectivity index is 1.95. The van der Waals surface area contributed by atoms with Crippen molar-refractivity contribution in [3.8, 4) is 0 Å². The molecular formula is C17H36N2. The highest BCUT2D eigenvalue weighted by Crippen LogP contribution is 2.21. The molecule has 0 unspecified atom stereocenters. The number of nitrogens with one attached hydrogen (secondary N) is 1. The van der Waals surface area contributed by atoms with Gasteiger partial charge in [0.1, 0.15) is 0 Å². The van der Waals surface area contributed by atoms with Crippen molar-refractivity contribution in [1.82, 2.24) is 10.2 Å². The average molecular weight is 268 g/mol. The van der Waals surface area contributed by atoms with E-state index in [9.17, 15) is 0 Å². The second-order valence-electron chi connectivity index (χ2n) is 6.65. The third-order valence-electron chi connectivity index (χ3n) is 4.44. The van der Waals surface area contributed by atoms with Crippen molar-refractivity contribution >= 4 is 0 Å². The summed E-state index contributed by atoms with van der Waals surface area (Å²) in [6, 6.07) is 1.52. The van der Waals surface area contributed by atoms with Gasteiger partial charge in [-0.25, -0.2) is 0 Å². The van der Waals surface area contributed by atoms with Crippen molar-refractivity contribution in [2.45, 2.75) is 90.1 Å². The van der Waals surface area contributed by atoms with Crippen LogP contribution in [0, 0.1) is 0 Å². The fraction of sp³-hybridized carbons (Fsp3) is 1.00. The Morgan fingerprint density at radius 1 is 0.947 bits per heavy atom. The molecule has 0 atom stereocenters. The molecule has 2 nitrogen and oxygen atoms in total. The number of nitrogens with zero attached hydrogens (tertiary/aromatic N) is 1. The predicted octanol–water partition coefficient (Wildman–Crippen LogP) is 4.20. The van der Waals surface area contributed by atoms with Gasteiger partial charge in [0.2, 0.25) is 0 Å². The minimum absolute atomic E-state index is 0.640. The van der Waals surface area contributed by atoms with Crippen molar-refractivity contribution in [2.24, 2.45) is 0 Å². The number of rotatable bonds is 9. The number of unbranched alkanes of at least 4 members (excludes halogenated alkanes) is 3. The first-order chi connectivity index (χ1) is 9.20. The minimum atomic E-state index is 0.640. The number of hydrogen-bond donors (Lipinski definition) is 1. The summed E-state index contributed by atoms with van der Waals surface area (Å²) in [5, 5.41) is 3.49. The van der Waals surface area contributed by atoms with Crippen LogP contribution in [0.1, 0.15) is 78.1 Å². The molecule has 1 rings (SSSR count). The van der Waals surface area contributed by atoms with Crippen LogP contribution in [0.15, 0.2) is 0 Å². The van der Waals surface area contributed by atoms with E-state index < -0.39 is 0 Å². The Hall–Kier alpha value is -0.0800. The lowest BCUT2D eigenvalue weighted by atomic mass is 10.1.